The Balaban J connectivity index is 1.60. The summed E-state index contributed by atoms with van der Waals surface area (Å²) in [7, 11) is 3.07. The number of amides is 1. The van der Waals surface area contributed by atoms with Crippen molar-refractivity contribution in [2.24, 2.45) is 0 Å². The zero-order valence-electron chi connectivity index (χ0n) is 16.4. The number of nitrogens with zero attached hydrogens (tertiary/aromatic N) is 3. The molecule has 2 heterocycles. The van der Waals surface area contributed by atoms with Gasteiger partial charge in [-0.05, 0) is 43.2 Å². The summed E-state index contributed by atoms with van der Waals surface area (Å²) in [6.45, 7) is 0.426. The highest BCUT2D eigenvalue weighted by Crippen LogP contribution is 2.35. The Morgan fingerprint density at radius 2 is 1.83 bits per heavy atom. The average molecular weight is 415 g/mol. The van der Waals surface area contributed by atoms with Gasteiger partial charge in [-0.1, -0.05) is 5.16 Å². The van der Waals surface area contributed by atoms with Gasteiger partial charge in [0.05, 0.1) is 14.2 Å². The topological polar surface area (TPSA) is 77.7 Å². The molecule has 1 atom stereocenters. The normalized spacial score (nSPS) is 16.0. The maximum atomic E-state index is 13.5. The fourth-order valence-electron chi connectivity index (χ4n) is 3.57. The van der Waals surface area contributed by atoms with E-state index < -0.39 is 23.6 Å². The maximum absolute atomic E-state index is 13.5. The minimum atomic E-state index is -0.803. The Kier molecular flexibility index (Phi) is 5.35. The minimum absolute atomic E-state index is 0.0565. The summed E-state index contributed by atoms with van der Waals surface area (Å²) in [5, 5.41) is 4.02. The monoisotopic (exact) mass is 415 g/mol. The molecule has 0 N–H and O–H groups in total. The van der Waals surface area contributed by atoms with E-state index in [1.807, 2.05) is 0 Å². The predicted octanol–water partition coefficient (Wildman–Crippen LogP) is 4.01. The summed E-state index contributed by atoms with van der Waals surface area (Å²) >= 11 is 0. The standard InChI is InChI=1S/C21H19F2N3O4/c1-28-17-6-5-12(10-18(17)29-2)19-24-20(30-25-19)16-4-3-7-26(16)21(27)13-8-14(22)11-15(23)9-13/h5-6,8-11,16H,3-4,7H2,1-2H3/t16-/m1/s1. The number of carbonyl (C=O) groups excluding carboxylic acids is 1. The fourth-order valence-corrected chi connectivity index (χ4v) is 3.57. The van der Waals surface area contributed by atoms with Crippen molar-refractivity contribution < 1.29 is 27.6 Å². The molecule has 0 aliphatic carbocycles. The van der Waals surface area contributed by atoms with Crippen LogP contribution in [-0.4, -0.2) is 41.7 Å². The molecule has 1 fully saturated rings. The number of likely N-dealkylation sites (tertiary alicyclic amines) is 1. The first-order valence-corrected chi connectivity index (χ1v) is 9.33. The lowest BCUT2D eigenvalue weighted by Crippen LogP contribution is -2.30. The van der Waals surface area contributed by atoms with Crippen LogP contribution in [0.25, 0.3) is 11.4 Å². The van der Waals surface area contributed by atoms with E-state index in [2.05, 4.69) is 10.1 Å². The highest BCUT2D eigenvalue weighted by molar-refractivity contribution is 5.94. The van der Waals surface area contributed by atoms with Gasteiger partial charge in [0.25, 0.3) is 5.91 Å². The summed E-state index contributed by atoms with van der Waals surface area (Å²) in [4.78, 5) is 18.8. The molecule has 4 rings (SSSR count). The third-order valence-corrected chi connectivity index (χ3v) is 4.99. The zero-order chi connectivity index (χ0) is 21.3. The number of hydrogen-bond donors (Lipinski definition) is 0. The Hall–Kier alpha value is -3.49. The molecule has 7 nitrogen and oxygen atoms in total. The van der Waals surface area contributed by atoms with E-state index in [4.69, 9.17) is 14.0 Å². The van der Waals surface area contributed by atoms with Crippen LogP contribution in [-0.2, 0) is 0 Å². The number of ether oxygens (including phenoxy) is 2. The van der Waals surface area contributed by atoms with Gasteiger partial charge in [0, 0.05) is 23.7 Å². The van der Waals surface area contributed by atoms with Crippen LogP contribution in [0.4, 0.5) is 8.78 Å². The molecular weight excluding hydrogens is 396 g/mol. The molecule has 2 aromatic carbocycles. The Labute approximate surface area is 171 Å². The quantitative estimate of drug-likeness (QED) is 0.627. The van der Waals surface area contributed by atoms with Crippen molar-refractivity contribution in [3.63, 3.8) is 0 Å². The Morgan fingerprint density at radius 1 is 1.10 bits per heavy atom. The van der Waals surface area contributed by atoms with E-state index in [0.717, 1.165) is 18.2 Å². The van der Waals surface area contributed by atoms with Gasteiger partial charge in [-0.25, -0.2) is 8.78 Å². The van der Waals surface area contributed by atoms with Crippen LogP contribution in [0, 0.1) is 11.6 Å². The molecule has 0 bridgehead atoms. The summed E-state index contributed by atoms with van der Waals surface area (Å²) in [5.74, 6) is -0.399. The number of hydrogen-bond acceptors (Lipinski definition) is 6. The van der Waals surface area contributed by atoms with E-state index in [1.165, 1.54) is 12.0 Å². The van der Waals surface area contributed by atoms with E-state index in [9.17, 15) is 13.6 Å². The second-order valence-electron chi connectivity index (χ2n) is 6.84. The molecule has 1 amide bonds. The van der Waals surface area contributed by atoms with Gasteiger partial charge in [0.15, 0.2) is 11.5 Å². The van der Waals surface area contributed by atoms with Crippen molar-refractivity contribution in [1.82, 2.24) is 15.0 Å². The number of aromatic nitrogens is 2. The van der Waals surface area contributed by atoms with E-state index >= 15 is 0 Å². The molecule has 0 spiro atoms. The van der Waals surface area contributed by atoms with Crippen LogP contribution in [0.5, 0.6) is 11.5 Å². The first kappa shape index (κ1) is 19.8. The lowest BCUT2D eigenvalue weighted by molar-refractivity contribution is 0.0709. The largest absolute Gasteiger partial charge is 0.493 e. The van der Waals surface area contributed by atoms with Crippen LogP contribution in [0.15, 0.2) is 40.9 Å². The molecule has 1 aromatic heterocycles. The van der Waals surface area contributed by atoms with Crippen molar-refractivity contribution in [1.29, 1.82) is 0 Å². The summed E-state index contributed by atoms with van der Waals surface area (Å²) in [6.07, 6.45) is 1.32. The van der Waals surface area contributed by atoms with Crippen molar-refractivity contribution in [2.75, 3.05) is 20.8 Å². The van der Waals surface area contributed by atoms with Gasteiger partial charge in [-0.15, -0.1) is 0 Å². The second-order valence-corrected chi connectivity index (χ2v) is 6.84. The van der Waals surface area contributed by atoms with Crippen molar-refractivity contribution >= 4 is 5.91 Å². The third kappa shape index (κ3) is 3.70. The zero-order valence-corrected chi connectivity index (χ0v) is 16.4. The van der Waals surface area contributed by atoms with Gasteiger partial charge in [0.2, 0.25) is 11.7 Å². The third-order valence-electron chi connectivity index (χ3n) is 4.99. The SMILES string of the molecule is COc1ccc(-c2noc([C@H]3CCCN3C(=O)c3cc(F)cc(F)c3)n2)cc1OC. The molecule has 1 saturated heterocycles. The highest BCUT2D eigenvalue weighted by Gasteiger charge is 2.35. The lowest BCUT2D eigenvalue weighted by atomic mass is 10.1. The molecule has 3 aromatic rings. The first-order valence-electron chi connectivity index (χ1n) is 9.33. The molecule has 0 saturated carbocycles. The van der Waals surface area contributed by atoms with Crippen LogP contribution < -0.4 is 9.47 Å². The van der Waals surface area contributed by atoms with Gasteiger partial charge in [-0.2, -0.15) is 4.98 Å². The number of rotatable bonds is 5. The fraction of sp³-hybridized carbons (Fsp3) is 0.286. The van der Waals surface area contributed by atoms with Gasteiger partial charge in [0.1, 0.15) is 17.7 Å². The second kappa shape index (κ2) is 8.10. The van der Waals surface area contributed by atoms with Crippen molar-refractivity contribution in [3.8, 4) is 22.9 Å². The van der Waals surface area contributed by atoms with Crippen LogP contribution in [0.1, 0.15) is 35.1 Å². The summed E-state index contributed by atoms with van der Waals surface area (Å²) in [5.41, 5.74) is 0.602. The number of carbonyl (C=O) groups is 1. The molecular formula is C21H19F2N3O4. The van der Waals surface area contributed by atoms with Crippen molar-refractivity contribution in [2.45, 2.75) is 18.9 Å². The Morgan fingerprint density at radius 3 is 2.53 bits per heavy atom. The van der Waals surface area contributed by atoms with E-state index in [1.54, 1.807) is 25.3 Å². The van der Waals surface area contributed by atoms with E-state index in [-0.39, 0.29) is 11.5 Å². The smallest absolute Gasteiger partial charge is 0.254 e. The Bertz CT molecular complexity index is 1070. The van der Waals surface area contributed by atoms with Crippen LogP contribution in [0.2, 0.25) is 0 Å². The van der Waals surface area contributed by atoms with Crippen LogP contribution in [0.3, 0.4) is 0 Å². The number of benzene rings is 2. The molecule has 0 radical (unpaired) electrons. The first-order chi connectivity index (χ1) is 14.5. The van der Waals surface area contributed by atoms with Gasteiger partial charge in [-0.3, -0.25) is 4.79 Å². The summed E-state index contributed by atoms with van der Waals surface area (Å²) in [6, 6.07) is 7.52. The maximum Gasteiger partial charge on any atom is 0.254 e. The van der Waals surface area contributed by atoms with Crippen LogP contribution >= 0.6 is 0 Å². The number of halogens is 2. The molecule has 156 valence electrons. The lowest BCUT2D eigenvalue weighted by Gasteiger charge is -2.22. The molecule has 1 aliphatic heterocycles. The van der Waals surface area contributed by atoms with Gasteiger partial charge >= 0.3 is 0 Å². The minimum Gasteiger partial charge on any atom is -0.493 e. The average Bonchev–Trinajstić information content (AvgIpc) is 3.41. The van der Waals surface area contributed by atoms with E-state index in [0.29, 0.717) is 42.3 Å². The summed E-state index contributed by atoms with van der Waals surface area (Å²) < 4.78 is 43.0. The van der Waals surface area contributed by atoms with Crippen molar-refractivity contribution in [3.05, 3.63) is 59.5 Å². The molecule has 30 heavy (non-hydrogen) atoms. The molecule has 1 aliphatic rings. The van der Waals surface area contributed by atoms with Gasteiger partial charge < -0.3 is 18.9 Å². The highest BCUT2D eigenvalue weighted by atomic mass is 19.1. The molecule has 9 heteroatoms. The molecule has 0 unspecified atom stereocenters. The predicted molar refractivity (Wildman–Crippen MR) is 102 cm³/mol. The number of methoxy groups -OCH3 is 2.